The molecule has 1 atom stereocenters. The molecule has 2 aromatic rings. The number of benzene rings is 1. The van der Waals surface area contributed by atoms with Gasteiger partial charge in [0.15, 0.2) is 0 Å². The van der Waals surface area contributed by atoms with Crippen LogP contribution in [0, 0.1) is 6.92 Å². The van der Waals surface area contributed by atoms with Crippen molar-refractivity contribution in [2.24, 2.45) is 5.73 Å². The van der Waals surface area contributed by atoms with Gasteiger partial charge in [-0.1, -0.05) is 24.3 Å². The van der Waals surface area contributed by atoms with Crippen LogP contribution >= 0.6 is 0 Å². The van der Waals surface area contributed by atoms with Crippen molar-refractivity contribution in [2.45, 2.75) is 38.5 Å². The van der Waals surface area contributed by atoms with Crippen LogP contribution in [-0.4, -0.2) is 22.9 Å². The molecule has 0 amide bonds. The van der Waals surface area contributed by atoms with Crippen molar-refractivity contribution in [3.63, 3.8) is 0 Å². The van der Waals surface area contributed by atoms with Gasteiger partial charge in [-0.25, -0.2) is 0 Å². The normalized spacial score (nSPS) is 16.5. The van der Waals surface area contributed by atoms with Crippen molar-refractivity contribution in [3.8, 4) is 5.75 Å². The highest BCUT2D eigenvalue weighted by atomic mass is 16.5. The van der Waals surface area contributed by atoms with Gasteiger partial charge in [0, 0.05) is 37.1 Å². The van der Waals surface area contributed by atoms with E-state index in [1.165, 1.54) is 0 Å². The summed E-state index contributed by atoms with van der Waals surface area (Å²) in [6.07, 6.45) is 2.87. The quantitative estimate of drug-likeness (QED) is 0.820. The smallest absolute Gasteiger partial charge is 0.526 e. The average molecular weight is 324 g/mol. The van der Waals surface area contributed by atoms with Crippen LogP contribution in [0.3, 0.4) is 0 Å². The summed E-state index contributed by atoms with van der Waals surface area (Å²) in [4.78, 5) is 16.6. The molecule has 0 aliphatic carbocycles. The number of aryl methyl sites for hydroxylation is 1. The Kier molecular flexibility index (Phi) is 4.97. The molecule has 0 saturated carbocycles. The molecule has 0 spiro atoms. The van der Waals surface area contributed by atoms with E-state index < -0.39 is 7.12 Å². The molecule has 0 radical (unpaired) electrons. The molecule has 1 aromatic carbocycles. The van der Waals surface area contributed by atoms with Crippen LogP contribution in [0.15, 0.2) is 36.5 Å². The van der Waals surface area contributed by atoms with E-state index in [0.717, 1.165) is 28.1 Å². The van der Waals surface area contributed by atoms with E-state index in [-0.39, 0.29) is 24.4 Å². The highest BCUT2D eigenvalue weighted by molar-refractivity contribution is 6.46. The van der Waals surface area contributed by atoms with Crippen molar-refractivity contribution < 1.29 is 14.5 Å². The molecule has 3 N–H and O–H groups in total. The second kappa shape index (κ2) is 7.15. The van der Waals surface area contributed by atoms with Gasteiger partial charge in [0.05, 0.1) is 0 Å². The minimum atomic E-state index is -0.949. The number of nitrogens with zero attached hydrogens (tertiary/aromatic N) is 1. The lowest BCUT2D eigenvalue weighted by molar-refractivity contribution is -0.118. The SMILES string of the molecule is Cc1cccc2c1OB(O)C(CC(=O)Cc1ccc(CN)cn1)C2. The zero-order valence-electron chi connectivity index (χ0n) is 13.7. The Hall–Kier alpha value is -2.18. The minimum absolute atomic E-state index is 0.0479. The highest BCUT2D eigenvalue weighted by Gasteiger charge is 2.36. The number of rotatable bonds is 5. The molecule has 3 rings (SSSR count). The Balaban J connectivity index is 1.64. The number of para-hydroxylation sites is 1. The van der Waals surface area contributed by atoms with Crippen LogP contribution in [0.4, 0.5) is 0 Å². The van der Waals surface area contributed by atoms with Gasteiger partial charge < -0.3 is 15.4 Å². The first-order valence-electron chi connectivity index (χ1n) is 8.15. The van der Waals surface area contributed by atoms with Gasteiger partial charge in [0.25, 0.3) is 0 Å². The lowest BCUT2D eigenvalue weighted by Gasteiger charge is -2.28. The van der Waals surface area contributed by atoms with Crippen LogP contribution in [0.1, 0.15) is 28.8 Å². The van der Waals surface area contributed by atoms with E-state index in [1.807, 2.05) is 37.3 Å². The molecule has 1 aliphatic heterocycles. The van der Waals surface area contributed by atoms with Crippen molar-refractivity contribution in [1.29, 1.82) is 0 Å². The molecule has 24 heavy (non-hydrogen) atoms. The Morgan fingerprint density at radius 3 is 2.96 bits per heavy atom. The first-order chi connectivity index (χ1) is 11.6. The Bertz CT molecular complexity index is 734. The number of aromatic nitrogens is 1. The number of fused-ring (bicyclic) bond motifs is 1. The largest absolute Gasteiger partial charge is 0.536 e. The summed E-state index contributed by atoms with van der Waals surface area (Å²) >= 11 is 0. The summed E-state index contributed by atoms with van der Waals surface area (Å²) in [5, 5.41) is 10.2. The summed E-state index contributed by atoms with van der Waals surface area (Å²) in [6.45, 7) is 2.39. The van der Waals surface area contributed by atoms with Crippen molar-refractivity contribution in [2.75, 3.05) is 0 Å². The second-order valence-corrected chi connectivity index (χ2v) is 6.32. The molecule has 6 heteroatoms. The van der Waals surface area contributed by atoms with Gasteiger partial charge in [0.2, 0.25) is 0 Å². The molecule has 0 bridgehead atoms. The van der Waals surface area contributed by atoms with Gasteiger partial charge in [-0.2, -0.15) is 0 Å². The zero-order chi connectivity index (χ0) is 17.1. The molecular formula is C18H21BN2O3. The Morgan fingerprint density at radius 2 is 2.25 bits per heavy atom. The van der Waals surface area contributed by atoms with Crippen molar-refractivity contribution >= 4 is 12.9 Å². The predicted molar refractivity (Wildman–Crippen MR) is 92.7 cm³/mol. The molecule has 1 aromatic heterocycles. The summed E-state index contributed by atoms with van der Waals surface area (Å²) < 4.78 is 5.63. The lowest BCUT2D eigenvalue weighted by atomic mass is 9.64. The second-order valence-electron chi connectivity index (χ2n) is 6.32. The maximum atomic E-state index is 12.3. The number of Topliss-reactive ketones (excluding diaryl/α,β-unsaturated/α-hetero) is 1. The van der Waals surface area contributed by atoms with E-state index in [0.29, 0.717) is 13.0 Å². The van der Waals surface area contributed by atoms with E-state index in [4.69, 9.17) is 10.4 Å². The average Bonchev–Trinajstić information content (AvgIpc) is 2.57. The molecule has 1 aliphatic rings. The summed E-state index contributed by atoms with van der Waals surface area (Å²) in [7, 11) is -0.949. The molecule has 0 fully saturated rings. The van der Waals surface area contributed by atoms with Gasteiger partial charge in [-0.3, -0.25) is 9.78 Å². The summed E-state index contributed by atoms with van der Waals surface area (Å²) in [5.74, 6) is 0.564. The third kappa shape index (κ3) is 3.66. The number of carbonyl (C=O) groups is 1. The molecule has 5 nitrogen and oxygen atoms in total. The van der Waals surface area contributed by atoms with Crippen LogP contribution < -0.4 is 10.4 Å². The van der Waals surface area contributed by atoms with Gasteiger partial charge in [-0.05, 0) is 36.1 Å². The number of hydrogen-bond donors (Lipinski definition) is 2. The predicted octanol–water partition coefficient (Wildman–Crippen LogP) is 1.84. The monoisotopic (exact) mass is 324 g/mol. The number of nitrogens with two attached hydrogens (primary N) is 1. The van der Waals surface area contributed by atoms with Crippen LogP contribution in [0.2, 0.25) is 5.82 Å². The van der Waals surface area contributed by atoms with Crippen LogP contribution in [0.5, 0.6) is 5.75 Å². The van der Waals surface area contributed by atoms with Crippen LogP contribution in [0.25, 0.3) is 0 Å². The van der Waals surface area contributed by atoms with Gasteiger partial charge in [-0.15, -0.1) is 0 Å². The van der Waals surface area contributed by atoms with E-state index in [1.54, 1.807) is 6.20 Å². The van der Waals surface area contributed by atoms with E-state index in [9.17, 15) is 9.82 Å². The van der Waals surface area contributed by atoms with Crippen molar-refractivity contribution in [1.82, 2.24) is 4.98 Å². The fourth-order valence-corrected chi connectivity index (χ4v) is 3.06. The molecule has 1 unspecified atom stereocenters. The van der Waals surface area contributed by atoms with Crippen molar-refractivity contribution in [3.05, 3.63) is 58.9 Å². The van der Waals surface area contributed by atoms with Gasteiger partial charge >= 0.3 is 7.12 Å². The number of ketones is 1. The highest BCUT2D eigenvalue weighted by Crippen LogP contribution is 2.35. The molecular weight excluding hydrogens is 303 g/mol. The van der Waals surface area contributed by atoms with E-state index in [2.05, 4.69) is 4.98 Å². The first kappa shape index (κ1) is 16.7. The van der Waals surface area contributed by atoms with Crippen LogP contribution in [-0.2, 0) is 24.2 Å². The Labute approximate surface area is 142 Å². The molecule has 2 heterocycles. The molecule has 124 valence electrons. The summed E-state index contributed by atoms with van der Waals surface area (Å²) in [5.41, 5.74) is 9.25. The minimum Gasteiger partial charge on any atom is -0.536 e. The third-order valence-corrected chi connectivity index (χ3v) is 4.41. The molecule has 0 saturated heterocycles. The first-order valence-corrected chi connectivity index (χ1v) is 8.15. The fourth-order valence-electron chi connectivity index (χ4n) is 3.06. The Morgan fingerprint density at radius 1 is 1.42 bits per heavy atom. The summed E-state index contributed by atoms with van der Waals surface area (Å²) in [6, 6.07) is 9.61. The number of pyridine rings is 1. The standard InChI is InChI=1S/C18H21BN2O3/c1-12-3-2-4-14-7-15(19(23)24-18(12)14)8-17(22)9-16-6-5-13(10-20)11-21-16/h2-6,11,15,23H,7-10,20H2,1H3. The van der Waals surface area contributed by atoms with Gasteiger partial charge in [0.1, 0.15) is 11.5 Å². The third-order valence-electron chi connectivity index (χ3n) is 4.41. The number of carbonyl (C=O) groups excluding carboxylic acids is 1. The maximum Gasteiger partial charge on any atom is 0.526 e. The van der Waals surface area contributed by atoms with E-state index >= 15 is 0 Å². The topological polar surface area (TPSA) is 85.4 Å². The zero-order valence-corrected chi connectivity index (χ0v) is 13.7. The fraction of sp³-hybridized carbons (Fsp3) is 0.333. The maximum absolute atomic E-state index is 12.3. The number of hydrogen-bond acceptors (Lipinski definition) is 5. The lowest BCUT2D eigenvalue weighted by Crippen LogP contribution is -2.35.